The van der Waals surface area contributed by atoms with E-state index in [0.29, 0.717) is 25.4 Å². The molecule has 1 unspecified atom stereocenters. The molecule has 1 amide bonds. The Hall–Kier alpha value is -2.82. The summed E-state index contributed by atoms with van der Waals surface area (Å²) in [4.78, 5) is 17.2. The molecule has 1 aliphatic heterocycles. The van der Waals surface area contributed by atoms with E-state index in [1.165, 1.54) is 0 Å². The van der Waals surface area contributed by atoms with Gasteiger partial charge >= 0.3 is 0 Å². The molecule has 2 heterocycles. The number of imidazole rings is 1. The lowest BCUT2D eigenvalue weighted by molar-refractivity contribution is -0.127. The Morgan fingerprint density at radius 3 is 2.81 bits per heavy atom. The van der Waals surface area contributed by atoms with Crippen molar-refractivity contribution < 1.29 is 9.53 Å². The third-order valence-electron chi connectivity index (χ3n) is 4.77. The van der Waals surface area contributed by atoms with Gasteiger partial charge in [0.2, 0.25) is 0 Å². The lowest BCUT2D eigenvalue weighted by Crippen LogP contribution is -2.38. The SMILES string of the molecule is CC(C)n1c(CCNC(=O)C2Cc3ccccc3O2)nc2ccccc21. The van der Waals surface area contributed by atoms with Crippen molar-refractivity contribution in [3.63, 3.8) is 0 Å². The average molecular weight is 349 g/mol. The quantitative estimate of drug-likeness (QED) is 0.769. The Balaban J connectivity index is 1.40. The van der Waals surface area contributed by atoms with Gasteiger partial charge in [-0.1, -0.05) is 30.3 Å². The van der Waals surface area contributed by atoms with Crippen LogP contribution in [0.5, 0.6) is 5.75 Å². The smallest absolute Gasteiger partial charge is 0.261 e. The van der Waals surface area contributed by atoms with Gasteiger partial charge in [0.15, 0.2) is 6.10 Å². The molecule has 1 aromatic heterocycles. The molecular formula is C21H23N3O2. The molecule has 1 N–H and O–H groups in total. The number of aromatic nitrogens is 2. The molecule has 1 aliphatic rings. The van der Waals surface area contributed by atoms with Gasteiger partial charge in [0.1, 0.15) is 11.6 Å². The number of nitrogens with one attached hydrogen (secondary N) is 1. The van der Waals surface area contributed by atoms with Gasteiger partial charge in [0.05, 0.1) is 11.0 Å². The number of carbonyl (C=O) groups excluding carboxylic acids is 1. The van der Waals surface area contributed by atoms with Crippen molar-refractivity contribution in [2.45, 2.75) is 38.8 Å². The number of nitrogens with zero attached hydrogens (tertiary/aromatic N) is 2. The fourth-order valence-electron chi connectivity index (χ4n) is 3.59. The monoisotopic (exact) mass is 349 g/mol. The number of benzene rings is 2. The van der Waals surface area contributed by atoms with Crippen LogP contribution in [0.1, 0.15) is 31.3 Å². The van der Waals surface area contributed by atoms with Crippen molar-refractivity contribution in [1.82, 2.24) is 14.9 Å². The summed E-state index contributed by atoms with van der Waals surface area (Å²) in [6.07, 6.45) is 0.890. The largest absolute Gasteiger partial charge is 0.480 e. The first kappa shape index (κ1) is 16.6. The molecule has 134 valence electrons. The van der Waals surface area contributed by atoms with Gasteiger partial charge in [-0.2, -0.15) is 0 Å². The maximum absolute atomic E-state index is 12.4. The second kappa shape index (κ2) is 6.83. The lowest BCUT2D eigenvalue weighted by Gasteiger charge is -2.14. The van der Waals surface area contributed by atoms with Crippen LogP contribution >= 0.6 is 0 Å². The molecule has 0 saturated carbocycles. The van der Waals surface area contributed by atoms with Gasteiger partial charge in [-0.15, -0.1) is 0 Å². The number of ether oxygens (including phenoxy) is 1. The standard InChI is InChI=1S/C21H23N3O2/c1-14(2)24-17-9-5-4-8-16(17)23-20(24)11-12-22-21(25)19-13-15-7-3-6-10-18(15)26-19/h3-10,14,19H,11-13H2,1-2H3,(H,22,25). The van der Waals surface area contributed by atoms with E-state index >= 15 is 0 Å². The molecule has 4 rings (SSSR count). The van der Waals surface area contributed by atoms with Gasteiger partial charge in [0, 0.05) is 25.4 Å². The Labute approximate surface area is 153 Å². The van der Waals surface area contributed by atoms with Crippen LogP contribution in [-0.2, 0) is 17.6 Å². The van der Waals surface area contributed by atoms with Crippen LogP contribution in [-0.4, -0.2) is 28.1 Å². The summed E-state index contributed by atoms with van der Waals surface area (Å²) in [7, 11) is 0. The Kier molecular flexibility index (Phi) is 4.37. The number of rotatable bonds is 5. The van der Waals surface area contributed by atoms with Crippen molar-refractivity contribution in [3.8, 4) is 5.75 Å². The second-order valence-electron chi connectivity index (χ2n) is 6.94. The summed E-state index contributed by atoms with van der Waals surface area (Å²) >= 11 is 0. The van der Waals surface area contributed by atoms with E-state index in [9.17, 15) is 4.79 Å². The predicted octanol–water partition coefficient (Wildman–Crippen LogP) is 3.28. The first-order valence-corrected chi connectivity index (χ1v) is 9.11. The molecule has 0 fully saturated rings. The molecule has 3 aromatic rings. The zero-order valence-corrected chi connectivity index (χ0v) is 15.1. The van der Waals surface area contributed by atoms with Crippen LogP contribution < -0.4 is 10.1 Å². The van der Waals surface area contributed by atoms with Crippen LogP contribution in [0.15, 0.2) is 48.5 Å². The van der Waals surface area contributed by atoms with Crippen LogP contribution in [0.3, 0.4) is 0 Å². The Morgan fingerprint density at radius 2 is 2.00 bits per heavy atom. The first-order chi connectivity index (χ1) is 12.6. The van der Waals surface area contributed by atoms with Crippen molar-refractivity contribution in [3.05, 3.63) is 59.9 Å². The van der Waals surface area contributed by atoms with Crippen LogP contribution in [0, 0.1) is 0 Å². The molecule has 0 saturated heterocycles. The van der Waals surface area contributed by atoms with Crippen molar-refractivity contribution in [1.29, 1.82) is 0 Å². The summed E-state index contributed by atoms with van der Waals surface area (Å²) in [6, 6.07) is 16.3. The normalized spacial score (nSPS) is 15.9. The van der Waals surface area contributed by atoms with Gasteiger partial charge in [-0.05, 0) is 37.6 Å². The van der Waals surface area contributed by atoms with E-state index in [-0.39, 0.29) is 5.91 Å². The third-order valence-corrected chi connectivity index (χ3v) is 4.77. The van der Waals surface area contributed by atoms with E-state index in [1.807, 2.05) is 42.5 Å². The van der Waals surface area contributed by atoms with E-state index in [1.54, 1.807) is 0 Å². The number of carbonyl (C=O) groups is 1. The van der Waals surface area contributed by atoms with E-state index < -0.39 is 6.10 Å². The van der Waals surface area contributed by atoms with Gasteiger partial charge in [-0.25, -0.2) is 4.98 Å². The highest BCUT2D eigenvalue weighted by Gasteiger charge is 2.28. The van der Waals surface area contributed by atoms with E-state index in [2.05, 4.69) is 29.8 Å². The predicted molar refractivity (Wildman–Crippen MR) is 101 cm³/mol. The highest BCUT2D eigenvalue weighted by atomic mass is 16.5. The zero-order valence-electron chi connectivity index (χ0n) is 15.1. The molecule has 0 bridgehead atoms. The maximum Gasteiger partial charge on any atom is 0.261 e. The van der Waals surface area contributed by atoms with Crippen molar-refractivity contribution in [2.75, 3.05) is 6.54 Å². The number of hydrogen-bond acceptors (Lipinski definition) is 3. The number of fused-ring (bicyclic) bond motifs is 2. The minimum absolute atomic E-state index is 0.0617. The lowest BCUT2D eigenvalue weighted by atomic mass is 10.1. The molecular weight excluding hydrogens is 326 g/mol. The molecule has 26 heavy (non-hydrogen) atoms. The molecule has 0 radical (unpaired) electrons. The highest BCUT2D eigenvalue weighted by molar-refractivity contribution is 5.82. The number of amides is 1. The van der Waals surface area contributed by atoms with E-state index in [4.69, 9.17) is 9.72 Å². The second-order valence-corrected chi connectivity index (χ2v) is 6.94. The zero-order chi connectivity index (χ0) is 18.1. The maximum atomic E-state index is 12.4. The van der Waals surface area contributed by atoms with Gasteiger partial charge in [0.25, 0.3) is 5.91 Å². The van der Waals surface area contributed by atoms with Gasteiger partial charge < -0.3 is 14.6 Å². The fraction of sp³-hybridized carbons (Fsp3) is 0.333. The first-order valence-electron chi connectivity index (χ1n) is 9.11. The Bertz CT molecular complexity index is 920. The minimum atomic E-state index is -0.434. The van der Waals surface area contributed by atoms with Crippen molar-refractivity contribution in [2.24, 2.45) is 0 Å². The molecule has 5 nitrogen and oxygen atoms in total. The van der Waals surface area contributed by atoms with Gasteiger partial charge in [-0.3, -0.25) is 4.79 Å². The molecule has 1 atom stereocenters. The van der Waals surface area contributed by atoms with Crippen LogP contribution in [0.25, 0.3) is 11.0 Å². The molecule has 0 aliphatic carbocycles. The Morgan fingerprint density at radius 1 is 1.23 bits per heavy atom. The molecule has 5 heteroatoms. The molecule has 2 aromatic carbocycles. The third kappa shape index (κ3) is 3.05. The molecule has 0 spiro atoms. The summed E-state index contributed by atoms with van der Waals surface area (Å²) in [6.45, 7) is 4.85. The minimum Gasteiger partial charge on any atom is -0.480 e. The van der Waals surface area contributed by atoms with Crippen LogP contribution in [0.2, 0.25) is 0 Å². The topological polar surface area (TPSA) is 56.2 Å². The van der Waals surface area contributed by atoms with E-state index in [0.717, 1.165) is 28.2 Å². The highest BCUT2D eigenvalue weighted by Crippen LogP contribution is 2.28. The van der Waals surface area contributed by atoms with Crippen molar-refractivity contribution >= 4 is 16.9 Å². The number of para-hydroxylation sites is 3. The fourth-order valence-corrected chi connectivity index (χ4v) is 3.59. The average Bonchev–Trinajstić information content (AvgIpc) is 3.22. The summed E-state index contributed by atoms with van der Waals surface area (Å²) in [5, 5.41) is 3.00. The van der Waals surface area contributed by atoms with Crippen LogP contribution in [0.4, 0.5) is 0 Å². The summed E-state index contributed by atoms with van der Waals surface area (Å²) in [5.74, 6) is 1.75. The summed E-state index contributed by atoms with van der Waals surface area (Å²) < 4.78 is 7.99. The number of hydrogen-bond donors (Lipinski definition) is 1. The summed E-state index contributed by atoms with van der Waals surface area (Å²) in [5.41, 5.74) is 3.23.